The third-order valence-electron chi connectivity index (χ3n) is 1.14. The lowest BCUT2D eigenvalue weighted by atomic mass is 10.4. The average molecular weight is 123 g/mol. The zero-order chi connectivity index (χ0) is 6.85. The molecule has 0 amide bonds. The second-order valence-corrected chi connectivity index (χ2v) is 1.96. The Hall–Kier alpha value is -1.12. The lowest BCUT2D eigenvalue weighted by Crippen LogP contribution is -1.96. The Labute approximate surface area is 53.9 Å². The van der Waals surface area contributed by atoms with Gasteiger partial charge in [0.05, 0.1) is 17.6 Å². The van der Waals surface area contributed by atoms with Crippen LogP contribution in [0.4, 0.5) is 5.69 Å². The van der Waals surface area contributed by atoms with Gasteiger partial charge in [-0.2, -0.15) is 0 Å². The average Bonchev–Trinajstić information content (AvgIpc) is 1.80. The van der Waals surface area contributed by atoms with E-state index < -0.39 is 0 Å². The van der Waals surface area contributed by atoms with Crippen LogP contribution in [-0.2, 0) is 0 Å². The zero-order valence-electron chi connectivity index (χ0n) is 5.55. The van der Waals surface area contributed by atoms with Crippen LogP contribution in [0.15, 0.2) is 6.20 Å². The van der Waals surface area contributed by atoms with Crippen LogP contribution in [0.3, 0.4) is 0 Å². The predicted octanol–water partition coefficient (Wildman–Crippen LogP) is 0.676. The van der Waals surface area contributed by atoms with E-state index >= 15 is 0 Å². The largest absolute Gasteiger partial charge is 0.396 e. The van der Waals surface area contributed by atoms with Crippen molar-refractivity contribution in [3.05, 3.63) is 17.7 Å². The zero-order valence-corrected chi connectivity index (χ0v) is 5.55. The van der Waals surface area contributed by atoms with E-state index in [1.807, 2.05) is 13.8 Å². The molecular weight excluding hydrogens is 114 g/mol. The first-order chi connectivity index (χ1) is 4.20. The number of hydrogen-bond donors (Lipinski definition) is 1. The Kier molecular flexibility index (Phi) is 1.34. The molecule has 0 aliphatic carbocycles. The van der Waals surface area contributed by atoms with Crippen molar-refractivity contribution in [2.45, 2.75) is 13.8 Å². The highest BCUT2D eigenvalue weighted by Crippen LogP contribution is 2.03. The van der Waals surface area contributed by atoms with Crippen molar-refractivity contribution in [3.63, 3.8) is 0 Å². The number of nitrogen functional groups attached to an aromatic ring is 1. The predicted molar refractivity (Wildman–Crippen MR) is 35.9 cm³/mol. The van der Waals surface area contributed by atoms with Gasteiger partial charge in [-0.3, -0.25) is 0 Å². The van der Waals surface area contributed by atoms with Crippen LogP contribution >= 0.6 is 0 Å². The molecule has 1 rings (SSSR count). The van der Waals surface area contributed by atoms with Gasteiger partial charge in [0, 0.05) is 0 Å². The summed E-state index contributed by atoms with van der Waals surface area (Å²) in [5.41, 5.74) is 6.97. The molecule has 0 radical (unpaired) electrons. The standard InChI is InChI=1S/C6H9N3/c1-4-6(7)3-8-5(2)9-4/h3H,7H2,1-2H3. The summed E-state index contributed by atoms with van der Waals surface area (Å²) in [4.78, 5) is 7.94. The Morgan fingerprint density at radius 2 is 2.11 bits per heavy atom. The summed E-state index contributed by atoms with van der Waals surface area (Å²) >= 11 is 0. The minimum Gasteiger partial charge on any atom is -0.396 e. The molecule has 2 N–H and O–H groups in total. The van der Waals surface area contributed by atoms with E-state index in [4.69, 9.17) is 5.73 Å². The monoisotopic (exact) mass is 123 g/mol. The quantitative estimate of drug-likeness (QED) is 0.551. The van der Waals surface area contributed by atoms with Crippen molar-refractivity contribution in [2.75, 3.05) is 5.73 Å². The van der Waals surface area contributed by atoms with Crippen LogP contribution in [0, 0.1) is 13.8 Å². The normalized spacial score (nSPS) is 9.56. The van der Waals surface area contributed by atoms with E-state index in [-0.39, 0.29) is 0 Å². The van der Waals surface area contributed by atoms with E-state index in [1.165, 1.54) is 0 Å². The van der Waals surface area contributed by atoms with Crippen molar-refractivity contribution >= 4 is 5.69 Å². The highest BCUT2D eigenvalue weighted by molar-refractivity contribution is 5.38. The van der Waals surface area contributed by atoms with Crippen molar-refractivity contribution in [1.29, 1.82) is 0 Å². The Bertz CT molecular complexity index is 220. The van der Waals surface area contributed by atoms with Gasteiger partial charge in [0.1, 0.15) is 5.82 Å². The van der Waals surface area contributed by atoms with Gasteiger partial charge in [0.25, 0.3) is 0 Å². The number of rotatable bonds is 0. The van der Waals surface area contributed by atoms with Gasteiger partial charge in [0.2, 0.25) is 0 Å². The molecule has 0 saturated heterocycles. The van der Waals surface area contributed by atoms with Gasteiger partial charge in [0.15, 0.2) is 0 Å². The first-order valence-corrected chi connectivity index (χ1v) is 2.76. The first kappa shape index (κ1) is 6.01. The van der Waals surface area contributed by atoms with Crippen LogP contribution in [0.25, 0.3) is 0 Å². The molecule has 0 spiro atoms. The minimum atomic E-state index is 0.653. The van der Waals surface area contributed by atoms with E-state index in [0.717, 1.165) is 11.5 Å². The second kappa shape index (κ2) is 2.01. The molecule has 3 nitrogen and oxygen atoms in total. The number of aromatic nitrogens is 2. The van der Waals surface area contributed by atoms with Crippen LogP contribution < -0.4 is 5.73 Å². The topological polar surface area (TPSA) is 51.8 Å². The molecular formula is C6H9N3. The molecule has 0 aliphatic heterocycles. The van der Waals surface area contributed by atoms with Gasteiger partial charge in [-0.1, -0.05) is 0 Å². The van der Waals surface area contributed by atoms with Crippen molar-refractivity contribution in [3.8, 4) is 0 Å². The van der Waals surface area contributed by atoms with E-state index in [0.29, 0.717) is 5.69 Å². The lowest BCUT2D eigenvalue weighted by molar-refractivity contribution is 1.02. The summed E-state index contributed by atoms with van der Waals surface area (Å²) in [5, 5.41) is 0. The van der Waals surface area contributed by atoms with Gasteiger partial charge in [-0.15, -0.1) is 0 Å². The molecule has 0 atom stereocenters. The molecule has 48 valence electrons. The molecule has 3 heteroatoms. The summed E-state index contributed by atoms with van der Waals surface area (Å²) in [6.07, 6.45) is 1.62. The molecule has 9 heavy (non-hydrogen) atoms. The molecule has 0 aliphatic rings. The SMILES string of the molecule is Cc1ncc(N)c(C)n1. The summed E-state index contributed by atoms with van der Waals surface area (Å²) < 4.78 is 0. The Morgan fingerprint density at radius 1 is 1.44 bits per heavy atom. The molecule has 1 aromatic heterocycles. The van der Waals surface area contributed by atoms with Crippen molar-refractivity contribution < 1.29 is 0 Å². The van der Waals surface area contributed by atoms with E-state index in [2.05, 4.69) is 9.97 Å². The Morgan fingerprint density at radius 3 is 2.56 bits per heavy atom. The summed E-state index contributed by atoms with van der Waals surface area (Å²) in [6.45, 7) is 3.70. The molecule has 0 bridgehead atoms. The highest BCUT2D eigenvalue weighted by Gasteiger charge is 1.92. The van der Waals surface area contributed by atoms with E-state index in [9.17, 15) is 0 Å². The van der Waals surface area contributed by atoms with E-state index in [1.54, 1.807) is 6.20 Å². The number of anilines is 1. The molecule has 0 unspecified atom stereocenters. The first-order valence-electron chi connectivity index (χ1n) is 2.76. The Balaban J connectivity index is 3.17. The van der Waals surface area contributed by atoms with Crippen LogP contribution in [-0.4, -0.2) is 9.97 Å². The van der Waals surface area contributed by atoms with Crippen molar-refractivity contribution in [1.82, 2.24) is 9.97 Å². The minimum absolute atomic E-state index is 0.653. The molecule has 0 fully saturated rings. The number of nitrogens with zero attached hydrogens (tertiary/aromatic N) is 2. The number of hydrogen-bond acceptors (Lipinski definition) is 3. The fourth-order valence-corrected chi connectivity index (χ4v) is 0.592. The van der Waals surface area contributed by atoms with Gasteiger partial charge >= 0.3 is 0 Å². The van der Waals surface area contributed by atoms with Crippen molar-refractivity contribution in [2.24, 2.45) is 0 Å². The third-order valence-corrected chi connectivity index (χ3v) is 1.14. The fourth-order valence-electron chi connectivity index (χ4n) is 0.592. The van der Waals surface area contributed by atoms with Crippen LogP contribution in [0.2, 0.25) is 0 Å². The molecule has 1 aromatic rings. The van der Waals surface area contributed by atoms with Gasteiger partial charge < -0.3 is 5.73 Å². The van der Waals surface area contributed by atoms with Crippen LogP contribution in [0.1, 0.15) is 11.5 Å². The number of nitrogens with two attached hydrogens (primary N) is 1. The van der Waals surface area contributed by atoms with Crippen LogP contribution in [0.5, 0.6) is 0 Å². The summed E-state index contributed by atoms with van der Waals surface area (Å²) in [6, 6.07) is 0. The molecule has 0 aromatic carbocycles. The maximum Gasteiger partial charge on any atom is 0.125 e. The van der Waals surface area contributed by atoms with Gasteiger partial charge in [-0.25, -0.2) is 9.97 Å². The smallest absolute Gasteiger partial charge is 0.125 e. The fraction of sp³-hybridized carbons (Fsp3) is 0.333. The molecule has 1 heterocycles. The maximum absolute atomic E-state index is 5.46. The second-order valence-electron chi connectivity index (χ2n) is 1.96. The summed E-state index contributed by atoms with van der Waals surface area (Å²) in [5.74, 6) is 0.765. The van der Waals surface area contributed by atoms with Gasteiger partial charge in [-0.05, 0) is 13.8 Å². The third kappa shape index (κ3) is 1.16. The molecule has 0 saturated carbocycles. The highest BCUT2D eigenvalue weighted by atomic mass is 14.9. The maximum atomic E-state index is 5.46. The number of aryl methyl sites for hydroxylation is 2. The summed E-state index contributed by atoms with van der Waals surface area (Å²) in [7, 11) is 0. The lowest BCUT2D eigenvalue weighted by Gasteiger charge is -1.96.